The Morgan fingerprint density at radius 3 is 2.96 bits per heavy atom. The van der Waals surface area contributed by atoms with Crippen molar-refractivity contribution in [2.45, 2.75) is 18.1 Å². The lowest BCUT2D eigenvalue weighted by Crippen LogP contribution is -2.30. The Balaban J connectivity index is 1.52. The Kier molecular flexibility index (Phi) is 6.25. The molecule has 27 heavy (non-hydrogen) atoms. The van der Waals surface area contributed by atoms with Gasteiger partial charge in [-0.15, -0.1) is 11.3 Å². The van der Waals surface area contributed by atoms with Crippen molar-refractivity contribution in [1.29, 1.82) is 0 Å². The highest BCUT2D eigenvalue weighted by Crippen LogP contribution is 2.27. The SMILES string of the molecule is COc1cccc(NC(=O)[C@H](C)OC(=O)CSc2ncnc3sccc23)c1. The third kappa shape index (κ3) is 4.95. The molecule has 0 radical (unpaired) electrons. The topological polar surface area (TPSA) is 90.4 Å². The van der Waals surface area contributed by atoms with Crippen LogP contribution in [0.2, 0.25) is 0 Å². The van der Waals surface area contributed by atoms with Crippen molar-refractivity contribution in [2.24, 2.45) is 0 Å². The van der Waals surface area contributed by atoms with E-state index in [-0.39, 0.29) is 5.75 Å². The smallest absolute Gasteiger partial charge is 0.317 e. The number of hydrogen-bond donors (Lipinski definition) is 1. The molecule has 1 N–H and O–H groups in total. The molecular formula is C18H17N3O4S2. The van der Waals surface area contributed by atoms with Gasteiger partial charge in [0, 0.05) is 17.1 Å². The number of nitrogens with one attached hydrogen (secondary N) is 1. The molecule has 140 valence electrons. The summed E-state index contributed by atoms with van der Waals surface area (Å²) in [4.78, 5) is 33.5. The number of methoxy groups -OCH3 is 1. The molecule has 0 saturated heterocycles. The van der Waals surface area contributed by atoms with E-state index >= 15 is 0 Å². The maximum absolute atomic E-state index is 12.2. The summed E-state index contributed by atoms with van der Waals surface area (Å²) in [7, 11) is 1.55. The second-order valence-corrected chi connectivity index (χ2v) is 7.32. The Morgan fingerprint density at radius 1 is 1.30 bits per heavy atom. The molecule has 0 saturated carbocycles. The molecule has 0 unspecified atom stereocenters. The van der Waals surface area contributed by atoms with Crippen molar-refractivity contribution in [3.63, 3.8) is 0 Å². The number of nitrogens with zero attached hydrogens (tertiary/aromatic N) is 2. The Morgan fingerprint density at radius 2 is 2.15 bits per heavy atom. The lowest BCUT2D eigenvalue weighted by Gasteiger charge is -2.14. The molecule has 3 rings (SSSR count). The van der Waals surface area contributed by atoms with E-state index in [0.717, 1.165) is 10.2 Å². The Hall–Kier alpha value is -2.65. The summed E-state index contributed by atoms with van der Waals surface area (Å²) in [5.41, 5.74) is 0.567. The quantitative estimate of drug-likeness (QED) is 0.367. The van der Waals surface area contributed by atoms with Gasteiger partial charge in [0.2, 0.25) is 0 Å². The lowest BCUT2D eigenvalue weighted by molar-refractivity contribution is -0.150. The number of thioether (sulfide) groups is 1. The van der Waals surface area contributed by atoms with E-state index in [0.29, 0.717) is 16.5 Å². The van der Waals surface area contributed by atoms with E-state index in [9.17, 15) is 9.59 Å². The average molecular weight is 403 g/mol. The van der Waals surface area contributed by atoms with E-state index in [1.807, 2.05) is 11.4 Å². The van der Waals surface area contributed by atoms with Gasteiger partial charge >= 0.3 is 5.97 Å². The van der Waals surface area contributed by atoms with Gasteiger partial charge in [0.1, 0.15) is 21.9 Å². The fourth-order valence-corrected chi connectivity index (χ4v) is 3.80. The molecule has 1 atom stereocenters. The molecule has 2 heterocycles. The molecule has 3 aromatic rings. The van der Waals surface area contributed by atoms with Gasteiger partial charge in [-0.05, 0) is 30.5 Å². The first-order valence-corrected chi connectivity index (χ1v) is 9.88. The first kappa shape index (κ1) is 19.1. The Labute approximate surface area is 164 Å². The standard InChI is InChI=1S/C18H17N3O4S2/c1-11(16(23)21-12-4-3-5-13(8-12)24-2)25-15(22)9-27-18-14-6-7-26-17(14)19-10-20-18/h3-8,10-11H,9H2,1-2H3,(H,21,23)/t11-/m0/s1. The number of carbonyl (C=O) groups is 2. The number of carbonyl (C=O) groups excluding carboxylic acids is 2. The molecule has 0 aliphatic carbocycles. The van der Waals surface area contributed by atoms with Crippen molar-refractivity contribution in [3.8, 4) is 5.75 Å². The largest absolute Gasteiger partial charge is 0.497 e. The summed E-state index contributed by atoms with van der Waals surface area (Å²) in [6.07, 6.45) is 0.548. The van der Waals surface area contributed by atoms with Crippen LogP contribution in [0.4, 0.5) is 5.69 Å². The zero-order valence-electron chi connectivity index (χ0n) is 14.7. The van der Waals surface area contributed by atoms with E-state index < -0.39 is 18.0 Å². The molecule has 7 nitrogen and oxygen atoms in total. The number of rotatable bonds is 7. The van der Waals surface area contributed by atoms with Gasteiger partial charge in [0.15, 0.2) is 6.10 Å². The fourth-order valence-electron chi connectivity index (χ4n) is 2.24. The van der Waals surface area contributed by atoms with Gasteiger partial charge < -0.3 is 14.8 Å². The van der Waals surface area contributed by atoms with Crippen molar-refractivity contribution in [3.05, 3.63) is 42.0 Å². The highest BCUT2D eigenvalue weighted by Gasteiger charge is 2.19. The molecule has 9 heteroatoms. The first-order valence-electron chi connectivity index (χ1n) is 8.02. The molecule has 0 fully saturated rings. The number of thiophene rings is 1. The molecular weight excluding hydrogens is 386 g/mol. The van der Waals surface area contributed by atoms with Crippen LogP contribution >= 0.6 is 23.1 Å². The summed E-state index contributed by atoms with van der Waals surface area (Å²) in [5.74, 6) is -0.226. The number of hydrogen-bond acceptors (Lipinski definition) is 8. The number of anilines is 1. The summed E-state index contributed by atoms with van der Waals surface area (Å²) >= 11 is 2.77. The van der Waals surface area contributed by atoms with E-state index in [1.165, 1.54) is 36.3 Å². The second kappa shape index (κ2) is 8.83. The third-order valence-electron chi connectivity index (χ3n) is 3.57. The highest BCUT2D eigenvalue weighted by atomic mass is 32.2. The molecule has 0 spiro atoms. The maximum atomic E-state index is 12.2. The molecule has 0 aliphatic rings. The number of esters is 1. The van der Waals surface area contributed by atoms with Crippen molar-refractivity contribution in [1.82, 2.24) is 9.97 Å². The van der Waals surface area contributed by atoms with Gasteiger partial charge in [0.25, 0.3) is 5.91 Å². The number of aromatic nitrogens is 2. The monoisotopic (exact) mass is 403 g/mol. The minimum Gasteiger partial charge on any atom is -0.497 e. The highest BCUT2D eigenvalue weighted by molar-refractivity contribution is 8.00. The number of fused-ring (bicyclic) bond motifs is 1. The van der Waals surface area contributed by atoms with E-state index in [2.05, 4.69) is 15.3 Å². The third-order valence-corrected chi connectivity index (χ3v) is 5.37. The second-order valence-electron chi connectivity index (χ2n) is 5.46. The first-order chi connectivity index (χ1) is 13.1. The van der Waals surface area contributed by atoms with Crippen molar-refractivity contribution < 1.29 is 19.1 Å². The molecule has 1 aromatic carbocycles. The van der Waals surface area contributed by atoms with Crippen LogP contribution in [0.15, 0.2) is 47.1 Å². The maximum Gasteiger partial charge on any atom is 0.317 e. The van der Waals surface area contributed by atoms with Crippen LogP contribution in [-0.2, 0) is 14.3 Å². The van der Waals surface area contributed by atoms with Crippen LogP contribution in [0, 0.1) is 0 Å². The zero-order valence-corrected chi connectivity index (χ0v) is 16.3. The minimum absolute atomic E-state index is 0.0543. The summed E-state index contributed by atoms with van der Waals surface area (Å²) in [5, 5.41) is 6.24. The summed E-state index contributed by atoms with van der Waals surface area (Å²) in [6.45, 7) is 1.53. The van der Waals surface area contributed by atoms with Gasteiger partial charge in [-0.25, -0.2) is 9.97 Å². The predicted octanol–water partition coefficient (Wildman–Crippen LogP) is 3.36. The molecule has 0 bridgehead atoms. The number of benzene rings is 1. The predicted molar refractivity (Wildman–Crippen MR) is 105 cm³/mol. The van der Waals surface area contributed by atoms with Crippen molar-refractivity contribution in [2.75, 3.05) is 18.2 Å². The lowest BCUT2D eigenvalue weighted by atomic mass is 10.3. The van der Waals surface area contributed by atoms with Gasteiger partial charge in [-0.3, -0.25) is 9.59 Å². The summed E-state index contributed by atoms with van der Waals surface area (Å²) in [6, 6.07) is 8.86. The van der Waals surface area contributed by atoms with Crippen LogP contribution < -0.4 is 10.1 Å². The average Bonchev–Trinajstić information content (AvgIpc) is 3.15. The summed E-state index contributed by atoms with van der Waals surface area (Å²) < 4.78 is 10.3. The van der Waals surface area contributed by atoms with Crippen LogP contribution in [0.25, 0.3) is 10.2 Å². The van der Waals surface area contributed by atoms with Crippen LogP contribution in [0.5, 0.6) is 5.75 Å². The van der Waals surface area contributed by atoms with Gasteiger partial charge in [-0.2, -0.15) is 0 Å². The fraction of sp³-hybridized carbons (Fsp3) is 0.222. The molecule has 0 aliphatic heterocycles. The molecule has 2 aromatic heterocycles. The van der Waals surface area contributed by atoms with Crippen LogP contribution in [0.1, 0.15) is 6.92 Å². The Bertz CT molecular complexity index is 960. The van der Waals surface area contributed by atoms with Crippen LogP contribution in [-0.4, -0.2) is 40.8 Å². The van der Waals surface area contributed by atoms with E-state index in [1.54, 1.807) is 31.4 Å². The minimum atomic E-state index is -0.920. The van der Waals surface area contributed by atoms with E-state index in [4.69, 9.17) is 9.47 Å². The number of amides is 1. The van der Waals surface area contributed by atoms with Crippen LogP contribution in [0.3, 0.4) is 0 Å². The van der Waals surface area contributed by atoms with Gasteiger partial charge in [0.05, 0.1) is 12.9 Å². The number of ether oxygens (including phenoxy) is 2. The molecule has 1 amide bonds. The zero-order chi connectivity index (χ0) is 19.2. The van der Waals surface area contributed by atoms with Crippen molar-refractivity contribution >= 4 is 50.9 Å². The van der Waals surface area contributed by atoms with Gasteiger partial charge in [-0.1, -0.05) is 17.8 Å². The normalized spacial score (nSPS) is 11.8.